The van der Waals surface area contributed by atoms with Crippen LogP contribution in [0.3, 0.4) is 0 Å². The quantitative estimate of drug-likeness (QED) is 0.774. The molecule has 0 saturated carbocycles. The summed E-state index contributed by atoms with van der Waals surface area (Å²) in [5.41, 5.74) is 2.23. The SMILES string of the molecule is C=C(CC(O)/C=C/c1ccccc1)C(C)(C)C. The van der Waals surface area contributed by atoms with Crippen LogP contribution < -0.4 is 0 Å². The molecule has 0 amide bonds. The predicted molar refractivity (Wildman–Crippen MR) is 74.7 cm³/mol. The molecule has 0 heterocycles. The van der Waals surface area contributed by atoms with Gasteiger partial charge in [-0.1, -0.05) is 75.4 Å². The standard InChI is InChI=1S/C16H22O/c1-13(16(2,3)4)12-15(17)11-10-14-8-6-5-7-9-14/h5-11,15,17H,1,12H2,2-4H3/b11-10+. The van der Waals surface area contributed by atoms with Crippen LogP contribution in [0.1, 0.15) is 32.8 Å². The van der Waals surface area contributed by atoms with Gasteiger partial charge in [0.15, 0.2) is 0 Å². The molecule has 0 aromatic heterocycles. The van der Waals surface area contributed by atoms with E-state index in [0.29, 0.717) is 6.42 Å². The van der Waals surface area contributed by atoms with Crippen molar-refractivity contribution in [2.45, 2.75) is 33.3 Å². The zero-order chi connectivity index (χ0) is 12.9. The van der Waals surface area contributed by atoms with Gasteiger partial charge in [0.25, 0.3) is 0 Å². The van der Waals surface area contributed by atoms with E-state index < -0.39 is 6.10 Å². The molecule has 1 rings (SSSR count). The molecule has 1 heteroatoms. The topological polar surface area (TPSA) is 20.2 Å². The molecule has 1 nitrogen and oxygen atoms in total. The van der Waals surface area contributed by atoms with Crippen LogP contribution in [0.5, 0.6) is 0 Å². The molecule has 0 saturated heterocycles. The van der Waals surface area contributed by atoms with E-state index in [1.165, 1.54) is 0 Å². The Balaban J connectivity index is 2.53. The zero-order valence-electron chi connectivity index (χ0n) is 11.0. The number of aliphatic hydroxyl groups is 1. The first kappa shape index (κ1) is 13.7. The van der Waals surface area contributed by atoms with Crippen molar-refractivity contribution < 1.29 is 5.11 Å². The Morgan fingerprint density at radius 3 is 2.41 bits per heavy atom. The molecular formula is C16H22O. The first-order valence-corrected chi connectivity index (χ1v) is 5.99. The van der Waals surface area contributed by atoms with Crippen LogP contribution in [0, 0.1) is 5.41 Å². The largest absolute Gasteiger partial charge is 0.389 e. The van der Waals surface area contributed by atoms with Gasteiger partial charge in [-0.3, -0.25) is 0 Å². The number of rotatable bonds is 4. The second-order valence-corrected chi connectivity index (χ2v) is 5.39. The molecule has 1 N–H and O–H groups in total. The van der Waals surface area contributed by atoms with E-state index in [4.69, 9.17) is 0 Å². The number of aliphatic hydroxyl groups excluding tert-OH is 1. The summed E-state index contributed by atoms with van der Waals surface area (Å²) in [5, 5.41) is 9.90. The second-order valence-electron chi connectivity index (χ2n) is 5.39. The smallest absolute Gasteiger partial charge is 0.0761 e. The van der Waals surface area contributed by atoms with E-state index in [1.807, 2.05) is 42.5 Å². The first-order chi connectivity index (χ1) is 7.89. The lowest BCUT2D eigenvalue weighted by atomic mass is 9.84. The van der Waals surface area contributed by atoms with Crippen molar-refractivity contribution in [2.75, 3.05) is 0 Å². The lowest BCUT2D eigenvalue weighted by Gasteiger charge is -2.23. The summed E-state index contributed by atoms with van der Waals surface area (Å²) >= 11 is 0. The van der Waals surface area contributed by atoms with Gasteiger partial charge in [0.1, 0.15) is 0 Å². The van der Waals surface area contributed by atoms with E-state index in [9.17, 15) is 5.11 Å². The zero-order valence-corrected chi connectivity index (χ0v) is 11.0. The number of hydrogen-bond acceptors (Lipinski definition) is 1. The van der Waals surface area contributed by atoms with E-state index in [1.54, 1.807) is 0 Å². The van der Waals surface area contributed by atoms with Crippen molar-refractivity contribution in [3.05, 3.63) is 54.1 Å². The third kappa shape index (κ3) is 5.01. The first-order valence-electron chi connectivity index (χ1n) is 5.99. The molecule has 0 aliphatic heterocycles. The summed E-state index contributed by atoms with van der Waals surface area (Å²) in [6.45, 7) is 10.4. The monoisotopic (exact) mass is 230 g/mol. The average Bonchev–Trinajstić information content (AvgIpc) is 2.26. The fourth-order valence-electron chi connectivity index (χ4n) is 1.41. The van der Waals surface area contributed by atoms with Crippen LogP contribution in [-0.4, -0.2) is 11.2 Å². The lowest BCUT2D eigenvalue weighted by molar-refractivity contribution is 0.216. The molecular weight excluding hydrogens is 208 g/mol. The summed E-state index contributed by atoms with van der Waals surface area (Å²) in [4.78, 5) is 0. The maximum absolute atomic E-state index is 9.90. The Kier molecular flexibility index (Phi) is 4.71. The van der Waals surface area contributed by atoms with Gasteiger partial charge in [0, 0.05) is 0 Å². The van der Waals surface area contributed by atoms with Gasteiger partial charge in [-0.2, -0.15) is 0 Å². The average molecular weight is 230 g/mol. The molecule has 0 aliphatic carbocycles. The number of benzene rings is 1. The summed E-state index contributed by atoms with van der Waals surface area (Å²) in [6.07, 6.45) is 3.93. The van der Waals surface area contributed by atoms with Crippen molar-refractivity contribution in [2.24, 2.45) is 5.41 Å². The van der Waals surface area contributed by atoms with Crippen LogP contribution in [0.2, 0.25) is 0 Å². The summed E-state index contributed by atoms with van der Waals surface area (Å²) in [7, 11) is 0. The Morgan fingerprint density at radius 1 is 1.29 bits per heavy atom. The van der Waals surface area contributed by atoms with Crippen molar-refractivity contribution in [3.63, 3.8) is 0 Å². The highest BCUT2D eigenvalue weighted by atomic mass is 16.3. The Labute approximate surface area is 104 Å². The van der Waals surface area contributed by atoms with Gasteiger partial charge in [-0.05, 0) is 17.4 Å². The second kappa shape index (κ2) is 5.83. The molecule has 17 heavy (non-hydrogen) atoms. The Morgan fingerprint density at radius 2 is 1.88 bits per heavy atom. The van der Waals surface area contributed by atoms with Crippen molar-refractivity contribution >= 4 is 6.08 Å². The van der Waals surface area contributed by atoms with Crippen LogP contribution in [-0.2, 0) is 0 Å². The van der Waals surface area contributed by atoms with Gasteiger partial charge >= 0.3 is 0 Å². The number of hydrogen-bond donors (Lipinski definition) is 1. The molecule has 1 atom stereocenters. The fourth-order valence-corrected chi connectivity index (χ4v) is 1.41. The summed E-state index contributed by atoms with van der Waals surface area (Å²) in [5.74, 6) is 0. The molecule has 0 radical (unpaired) electrons. The normalized spacial score (nSPS) is 13.9. The highest BCUT2D eigenvalue weighted by Crippen LogP contribution is 2.27. The van der Waals surface area contributed by atoms with Crippen LogP contribution >= 0.6 is 0 Å². The third-order valence-electron chi connectivity index (χ3n) is 2.83. The minimum Gasteiger partial charge on any atom is -0.389 e. The maximum Gasteiger partial charge on any atom is 0.0761 e. The Bertz CT molecular complexity index is 382. The molecule has 92 valence electrons. The third-order valence-corrected chi connectivity index (χ3v) is 2.83. The van der Waals surface area contributed by atoms with Crippen molar-refractivity contribution in [1.29, 1.82) is 0 Å². The van der Waals surface area contributed by atoms with Gasteiger partial charge < -0.3 is 5.11 Å². The minimum atomic E-state index is -0.457. The van der Waals surface area contributed by atoms with E-state index >= 15 is 0 Å². The van der Waals surface area contributed by atoms with Gasteiger partial charge in [0.2, 0.25) is 0 Å². The molecule has 0 spiro atoms. The van der Waals surface area contributed by atoms with E-state index in [2.05, 4.69) is 27.4 Å². The van der Waals surface area contributed by atoms with Crippen LogP contribution in [0.4, 0.5) is 0 Å². The van der Waals surface area contributed by atoms with E-state index in [0.717, 1.165) is 11.1 Å². The van der Waals surface area contributed by atoms with Gasteiger partial charge in [-0.25, -0.2) is 0 Å². The molecule has 1 aromatic carbocycles. The highest BCUT2D eigenvalue weighted by molar-refractivity contribution is 5.49. The Hall–Kier alpha value is -1.34. The summed E-state index contributed by atoms with van der Waals surface area (Å²) < 4.78 is 0. The van der Waals surface area contributed by atoms with Crippen LogP contribution in [0.15, 0.2) is 48.6 Å². The van der Waals surface area contributed by atoms with Crippen LogP contribution in [0.25, 0.3) is 6.08 Å². The highest BCUT2D eigenvalue weighted by Gasteiger charge is 2.16. The molecule has 0 bridgehead atoms. The van der Waals surface area contributed by atoms with Gasteiger partial charge in [0.05, 0.1) is 6.10 Å². The fraction of sp³-hybridized carbons (Fsp3) is 0.375. The predicted octanol–water partition coefficient (Wildman–Crippen LogP) is 4.05. The molecule has 0 fully saturated rings. The molecule has 1 unspecified atom stereocenters. The summed E-state index contributed by atoms with van der Waals surface area (Å²) in [6, 6.07) is 9.99. The lowest BCUT2D eigenvalue weighted by Crippen LogP contribution is -2.14. The molecule has 0 aliphatic rings. The van der Waals surface area contributed by atoms with E-state index in [-0.39, 0.29) is 5.41 Å². The molecule has 1 aromatic rings. The van der Waals surface area contributed by atoms with Gasteiger partial charge in [-0.15, -0.1) is 0 Å². The van der Waals surface area contributed by atoms with Crippen molar-refractivity contribution in [3.8, 4) is 0 Å². The maximum atomic E-state index is 9.90. The minimum absolute atomic E-state index is 0.0571. The van der Waals surface area contributed by atoms with Crippen molar-refractivity contribution in [1.82, 2.24) is 0 Å².